The van der Waals surface area contributed by atoms with Crippen LogP contribution >= 0.6 is 22.6 Å². The SMILES string of the molecule is OCCO/N=C/c1cc(CNO)c(Nc2ccc(I)cc2F)c(F)c1F. The van der Waals surface area contributed by atoms with Gasteiger partial charge in [-0.25, -0.2) is 18.7 Å². The quantitative estimate of drug-likeness (QED) is 0.201. The number of aliphatic hydroxyl groups is 1. The van der Waals surface area contributed by atoms with Gasteiger partial charge in [0, 0.05) is 15.7 Å². The third-order valence-corrected chi connectivity index (χ3v) is 3.90. The summed E-state index contributed by atoms with van der Waals surface area (Å²) in [5.41, 5.74) is 1.38. The Morgan fingerprint density at radius 1 is 1.19 bits per heavy atom. The monoisotopic (exact) mass is 481 g/mol. The smallest absolute Gasteiger partial charge is 0.183 e. The molecule has 4 N–H and O–H groups in total. The largest absolute Gasteiger partial charge is 0.393 e. The summed E-state index contributed by atoms with van der Waals surface area (Å²) in [6.07, 6.45) is 0.935. The molecule has 0 radical (unpaired) electrons. The molecule has 2 aromatic rings. The molecule has 0 bridgehead atoms. The number of hydroxylamine groups is 1. The summed E-state index contributed by atoms with van der Waals surface area (Å²) in [6.45, 7) is -0.612. The summed E-state index contributed by atoms with van der Waals surface area (Å²) in [5, 5.41) is 23.5. The predicted octanol–water partition coefficient (Wildman–Crippen LogP) is 3.27. The molecule has 0 aromatic heterocycles. The van der Waals surface area contributed by atoms with Crippen molar-refractivity contribution < 1.29 is 28.3 Å². The summed E-state index contributed by atoms with van der Waals surface area (Å²) in [5.74, 6) is -3.13. The zero-order valence-corrected chi connectivity index (χ0v) is 15.4. The third kappa shape index (κ3) is 5.06. The van der Waals surface area contributed by atoms with E-state index in [2.05, 4.69) is 15.3 Å². The Balaban J connectivity index is 2.41. The Kier molecular flexibility index (Phi) is 7.63. The maximum atomic E-state index is 14.5. The molecule has 0 fully saturated rings. The average Bonchev–Trinajstić information content (AvgIpc) is 2.61. The van der Waals surface area contributed by atoms with Crippen molar-refractivity contribution in [1.29, 1.82) is 0 Å². The van der Waals surface area contributed by atoms with E-state index in [9.17, 15) is 13.2 Å². The summed E-state index contributed by atoms with van der Waals surface area (Å²) in [6, 6.07) is 5.45. The minimum absolute atomic E-state index is 0.0457. The summed E-state index contributed by atoms with van der Waals surface area (Å²) in [7, 11) is 0. The van der Waals surface area contributed by atoms with Crippen LogP contribution < -0.4 is 10.8 Å². The van der Waals surface area contributed by atoms with Crippen molar-refractivity contribution >= 4 is 40.2 Å². The van der Waals surface area contributed by atoms with Crippen molar-refractivity contribution in [3.8, 4) is 0 Å². The fourth-order valence-corrected chi connectivity index (χ4v) is 2.52. The maximum Gasteiger partial charge on any atom is 0.183 e. The molecule has 6 nitrogen and oxygen atoms in total. The van der Waals surface area contributed by atoms with Crippen LogP contribution in [0.3, 0.4) is 0 Å². The minimum Gasteiger partial charge on any atom is -0.393 e. The highest BCUT2D eigenvalue weighted by atomic mass is 127. The first-order valence-corrected chi connectivity index (χ1v) is 8.42. The number of nitrogens with one attached hydrogen (secondary N) is 2. The van der Waals surface area contributed by atoms with Gasteiger partial charge in [-0.15, -0.1) is 0 Å². The van der Waals surface area contributed by atoms with Crippen LogP contribution in [0.25, 0.3) is 0 Å². The van der Waals surface area contributed by atoms with E-state index in [0.717, 1.165) is 6.21 Å². The molecule has 0 atom stereocenters. The van der Waals surface area contributed by atoms with E-state index in [4.69, 9.17) is 10.3 Å². The van der Waals surface area contributed by atoms with Crippen molar-refractivity contribution in [2.45, 2.75) is 6.54 Å². The fourth-order valence-electron chi connectivity index (χ4n) is 2.07. The standard InChI is InChI=1S/C16H15F3IN3O3/c17-12-6-11(20)1-2-13(12)23-16-10(7-21-25)5-9(14(18)15(16)19)8-22-26-4-3-24/h1-2,5-6,8,21,23-25H,3-4,7H2/b22-8+. The maximum absolute atomic E-state index is 14.5. The molecule has 26 heavy (non-hydrogen) atoms. The molecule has 0 aliphatic rings. The summed E-state index contributed by atoms with van der Waals surface area (Å²) in [4.78, 5) is 4.63. The molecular weight excluding hydrogens is 466 g/mol. The third-order valence-electron chi connectivity index (χ3n) is 3.23. The Bertz CT molecular complexity index is 806. The van der Waals surface area contributed by atoms with Crippen LogP contribution in [-0.4, -0.2) is 29.7 Å². The molecule has 140 valence electrons. The van der Waals surface area contributed by atoms with E-state index in [1.54, 1.807) is 6.07 Å². The van der Waals surface area contributed by atoms with E-state index in [-0.39, 0.29) is 42.3 Å². The summed E-state index contributed by atoms with van der Waals surface area (Å²) >= 11 is 1.92. The zero-order valence-electron chi connectivity index (χ0n) is 13.3. The number of nitrogens with zero attached hydrogens (tertiary/aromatic N) is 1. The van der Waals surface area contributed by atoms with E-state index in [1.165, 1.54) is 18.2 Å². The predicted molar refractivity (Wildman–Crippen MR) is 98.0 cm³/mol. The van der Waals surface area contributed by atoms with Gasteiger partial charge in [-0.3, -0.25) is 0 Å². The minimum atomic E-state index is -1.26. The van der Waals surface area contributed by atoms with Crippen LogP contribution in [0.15, 0.2) is 29.4 Å². The van der Waals surface area contributed by atoms with Crippen molar-refractivity contribution in [2.24, 2.45) is 5.16 Å². The molecule has 0 aliphatic heterocycles. The van der Waals surface area contributed by atoms with E-state index in [1.807, 2.05) is 28.1 Å². The van der Waals surface area contributed by atoms with Crippen LogP contribution in [-0.2, 0) is 11.4 Å². The molecule has 0 heterocycles. The van der Waals surface area contributed by atoms with E-state index < -0.39 is 17.5 Å². The number of benzene rings is 2. The van der Waals surface area contributed by atoms with Gasteiger partial charge in [-0.05, 0) is 52.4 Å². The Morgan fingerprint density at radius 3 is 2.62 bits per heavy atom. The second-order valence-electron chi connectivity index (χ2n) is 5.00. The van der Waals surface area contributed by atoms with Gasteiger partial charge >= 0.3 is 0 Å². The second-order valence-corrected chi connectivity index (χ2v) is 6.25. The zero-order chi connectivity index (χ0) is 19.1. The topological polar surface area (TPSA) is 86.1 Å². The Morgan fingerprint density at radius 2 is 1.96 bits per heavy atom. The van der Waals surface area contributed by atoms with Gasteiger partial charge in [0.05, 0.1) is 24.2 Å². The first-order chi connectivity index (χ1) is 12.5. The van der Waals surface area contributed by atoms with E-state index in [0.29, 0.717) is 3.57 Å². The van der Waals surface area contributed by atoms with Gasteiger partial charge < -0.3 is 20.5 Å². The molecule has 0 spiro atoms. The van der Waals surface area contributed by atoms with Gasteiger partial charge in [0.1, 0.15) is 12.4 Å². The molecule has 0 saturated carbocycles. The number of halogens is 4. The van der Waals surface area contributed by atoms with Crippen molar-refractivity contribution in [3.63, 3.8) is 0 Å². The number of aliphatic hydroxyl groups excluding tert-OH is 1. The lowest BCUT2D eigenvalue weighted by molar-refractivity contribution is 0.0997. The van der Waals surface area contributed by atoms with Gasteiger partial charge in [-0.1, -0.05) is 5.16 Å². The summed E-state index contributed by atoms with van der Waals surface area (Å²) < 4.78 is 43.4. The average molecular weight is 481 g/mol. The Hall–Kier alpha value is -1.89. The lowest BCUT2D eigenvalue weighted by Crippen LogP contribution is -2.12. The number of hydrogen-bond acceptors (Lipinski definition) is 6. The van der Waals surface area contributed by atoms with Crippen molar-refractivity contribution in [2.75, 3.05) is 18.5 Å². The molecule has 0 amide bonds. The van der Waals surface area contributed by atoms with Gasteiger partial charge in [0.2, 0.25) is 0 Å². The lowest BCUT2D eigenvalue weighted by atomic mass is 10.1. The van der Waals surface area contributed by atoms with Crippen LogP contribution in [0.4, 0.5) is 24.5 Å². The van der Waals surface area contributed by atoms with Crippen LogP contribution in [0.1, 0.15) is 11.1 Å². The number of oxime groups is 1. The van der Waals surface area contributed by atoms with Crippen LogP contribution in [0.5, 0.6) is 0 Å². The lowest BCUT2D eigenvalue weighted by Gasteiger charge is -2.15. The van der Waals surface area contributed by atoms with Gasteiger partial charge in [0.25, 0.3) is 0 Å². The molecular formula is C16H15F3IN3O3. The molecule has 2 aromatic carbocycles. The molecule has 10 heteroatoms. The molecule has 2 rings (SSSR count). The van der Waals surface area contributed by atoms with Crippen molar-refractivity contribution in [3.05, 3.63) is 56.4 Å². The number of anilines is 2. The highest BCUT2D eigenvalue weighted by molar-refractivity contribution is 14.1. The Labute approximate surface area is 160 Å². The molecule has 0 saturated heterocycles. The van der Waals surface area contributed by atoms with Crippen LogP contribution in [0.2, 0.25) is 0 Å². The number of rotatable bonds is 8. The van der Waals surface area contributed by atoms with E-state index >= 15 is 0 Å². The highest BCUT2D eigenvalue weighted by Crippen LogP contribution is 2.30. The normalized spacial score (nSPS) is 11.2. The van der Waals surface area contributed by atoms with Gasteiger partial charge in [0.15, 0.2) is 11.6 Å². The van der Waals surface area contributed by atoms with Crippen molar-refractivity contribution in [1.82, 2.24) is 5.48 Å². The van der Waals surface area contributed by atoms with Crippen LogP contribution in [0, 0.1) is 21.0 Å². The first-order valence-electron chi connectivity index (χ1n) is 7.34. The first kappa shape index (κ1) is 20.4. The molecule has 0 unspecified atom stereocenters. The second kappa shape index (κ2) is 9.71. The number of hydrogen-bond donors (Lipinski definition) is 4. The highest BCUT2D eigenvalue weighted by Gasteiger charge is 2.19. The molecule has 0 aliphatic carbocycles. The van der Waals surface area contributed by atoms with Gasteiger partial charge in [-0.2, -0.15) is 0 Å². The fraction of sp³-hybridized carbons (Fsp3) is 0.188.